The van der Waals surface area contributed by atoms with Crippen molar-refractivity contribution < 1.29 is 14.6 Å². The van der Waals surface area contributed by atoms with Crippen LogP contribution in [0.4, 0.5) is 0 Å². The Morgan fingerprint density at radius 2 is 1.46 bits per heavy atom. The molecule has 192 valence electrons. The monoisotopic (exact) mass is 499 g/mol. The third kappa shape index (κ3) is 5.89. The number of unbranched alkanes of at least 4 members (excludes halogenated alkanes) is 1. The van der Waals surface area contributed by atoms with Crippen molar-refractivity contribution in [2.75, 3.05) is 19.6 Å². The molecule has 37 heavy (non-hydrogen) atoms. The van der Waals surface area contributed by atoms with Crippen LogP contribution in [-0.4, -0.2) is 44.9 Å². The van der Waals surface area contributed by atoms with Gasteiger partial charge >= 0.3 is 5.69 Å². The topological polar surface area (TPSA) is 68.9 Å². The van der Waals surface area contributed by atoms with Crippen LogP contribution in [0.2, 0.25) is 0 Å². The van der Waals surface area contributed by atoms with Crippen molar-refractivity contribution in [1.82, 2.24) is 14.0 Å². The molecule has 3 aromatic carbocycles. The van der Waals surface area contributed by atoms with Crippen LogP contribution >= 0.6 is 0 Å². The predicted molar refractivity (Wildman–Crippen MR) is 145 cm³/mol. The van der Waals surface area contributed by atoms with E-state index in [0.717, 1.165) is 37.4 Å². The number of rotatable bonds is 9. The van der Waals surface area contributed by atoms with Crippen LogP contribution in [0.3, 0.4) is 0 Å². The number of benzene rings is 3. The Kier molecular flexibility index (Phi) is 7.61. The maximum Gasteiger partial charge on any atom is 0.340 e. The van der Waals surface area contributed by atoms with Crippen LogP contribution in [0.15, 0.2) is 89.9 Å². The van der Waals surface area contributed by atoms with Gasteiger partial charge in [-0.05, 0) is 86.5 Å². The lowest BCUT2D eigenvalue weighted by Crippen LogP contribution is -2.38. The number of likely N-dealkylation sites (tertiary alicyclic amines) is 1. The molecule has 0 atom stereocenters. The van der Waals surface area contributed by atoms with E-state index in [0.29, 0.717) is 17.1 Å². The number of aromatic nitrogens is 2. The summed E-state index contributed by atoms with van der Waals surface area (Å²) < 4.78 is 14.7. The average Bonchev–Trinajstić information content (AvgIpc) is 3.23. The van der Waals surface area contributed by atoms with Gasteiger partial charge in [-0.15, -0.1) is 0 Å². The van der Waals surface area contributed by atoms with Gasteiger partial charge in [-0.1, -0.05) is 31.5 Å². The molecule has 1 aliphatic rings. The fourth-order valence-corrected chi connectivity index (χ4v) is 4.66. The number of para-hydroxylation sites is 1. The number of imidazole rings is 1. The van der Waals surface area contributed by atoms with Crippen LogP contribution in [0.25, 0.3) is 11.4 Å². The average molecular weight is 500 g/mol. The first kappa shape index (κ1) is 24.7. The lowest BCUT2D eigenvalue weighted by molar-refractivity contribution is 0.0998. The van der Waals surface area contributed by atoms with E-state index in [4.69, 9.17) is 9.47 Å². The molecule has 7 nitrogen and oxygen atoms in total. The first-order chi connectivity index (χ1) is 18.1. The van der Waals surface area contributed by atoms with E-state index < -0.39 is 0 Å². The molecule has 1 aliphatic heterocycles. The van der Waals surface area contributed by atoms with E-state index in [2.05, 4.69) is 11.8 Å². The third-order valence-corrected chi connectivity index (χ3v) is 6.73. The van der Waals surface area contributed by atoms with Crippen molar-refractivity contribution in [2.45, 2.75) is 38.7 Å². The van der Waals surface area contributed by atoms with Gasteiger partial charge < -0.3 is 19.5 Å². The van der Waals surface area contributed by atoms with Crippen LogP contribution in [0, 0.1) is 0 Å². The fourth-order valence-electron chi connectivity index (χ4n) is 4.66. The maximum atomic E-state index is 13.2. The zero-order valence-corrected chi connectivity index (χ0v) is 21.1. The summed E-state index contributed by atoms with van der Waals surface area (Å²) in [6, 6.07) is 24.0. The molecule has 0 amide bonds. The highest BCUT2D eigenvalue weighted by Gasteiger charge is 2.20. The molecule has 1 aromatic heterocycles. The minimum absolute atomic E-state index is 0.142. The maximum absolute atomic E-state index is 13.2. The molecule has 0 spiro atoms. The molecule has 4 aromatic rings. The Balaban J connectivity index is 1.25. The van der Waals surface area contributed by atoms with Crippen molar-refractivity contribution in [3.8, 4) is 34.5 Å². The number of piperidine rings is 1. The van der Waals surface area contributed by atoms with E-state index in [1.165, 1.54) is 34.7 Å². The molecule has 0 unspecified atom stereocenters. The van der Waals surface area contributed by atoms with E-state index in [1.807, 2.05) is 54.6 Å². The summed E-state index contributed by atoms with van der Waals surface area (Å²) in [5.41, 5.74) is 0.846. The summed E-state index contributed by atoms with van der Waals surface area (Å²) in [7, 11) is 0. The second kappa shape index (κ2) is 11.4. The number of ether oxygens (including phenoxy) is 2. The van der Waals surface area contributed by atoms with Crippen LogP contribution < -0.4 is 15.2 Å². The highest BCUT2D eigenvalue weighted by molar-refractivity contribution is 5.44. The smallest absolute Gasteiger partial charge is 0.340 e. The summed E-state index contributed by atoms with van der Waals surface area (Å²) >= 11 is 0. The molecule has 2 heterocycles. The second-order valence-corrected chi connectivity index (χ2v) is 9.39. The van der Waals surface area contributed by atoms with Crippen LogP contribution in [-0.2, 0) is 0 Å². The van der Waals surface area contributed by atoms with Gasteiger partial charge in [0.25, 0.3) is 0 Å². The van der Waals surface area contributed by atoms with Crippen molar-refractivity contribution in [2.24, 2.45) is 0 Å². The quantitative estimate of drug-likeness (QED) is 0.317. The number of hydrogen-bond donors (Lipinski definition) is 1. The van der Waals surface area contributed by atoms with Crippen molar-refractivity contribution in [3.05, 3.63) is 95.5 Å². The Hall–Kier alpha value is -3.97. The molecule has 0 aliphatic carbocycles. The highest BCUT2D eigenvalue weighted by atomic mass is 16.5. The molecular weight excluding hydrogens is 466 g/mol. The number of hydrogen-bond acceptors (Lipinski definition) is 5. The van der Waals surface area contributed by atoms with Gasteiger partial charge in [0.2, 0.25) is 5.88 Å². The standard InChI is InChI=1S/C30H33N3O4/c1-2-3-19-31-20-17-28(18-21-31)37-26-13-9-23(10-14-26)32-22-29(34)33(30(32)35)24-11-15-27(16-12-24)36-25-7-5-4-6-8-25/h4-16,22,28,34H,2-3,17-21H2,1H3. The lowest BCUT2D eigenvalue weighted by Gasteiger charge is -2.32. The molecule has 1 fully saturated rings. The van der Waals surface area contributed by atoms with E-state index in [-0.39, 0.29) is 17.7 Å². The number of aromatic hydroxyl groups is 1. The van der Waals surface area contributed by atoms with Gasteiger partial charge in [0.05, 0.1) is 17.6 Å². The van der Waals surface area contributed by atoms with Gasteiger partial charge in [0.15, 0.2) is 0 Å². The van der Waals surface area contributed by atoms with E-state index in [1.54, 1.807) is 24.3 Å². The summed E-state index contributed by atoms with van der Waals surface area (Å²) in [5.74, 6) is 2.02. The molecule has 5 rings (SSSR count). The minimum Gasteiger partial charge on any atom is -0.493 e. The molecular formula is C30H33N3O4. The number of nitrogens with zero attached hydrogens (tertiary/aromatic N) is 3. The highest BCUT2D eigenvalue weighted by Crippen LogP contribution is 2.25. The molecule has 1 N–H and O–H groups in total. The van der Waals surface area contributed by atoms with Crippen molar-refractivity contribution >= 4 is 0 Å². The van der Waals surface area contributed by atoms with Gasteiger partial charge in [-0.3, -0.25) is 4.57 Å². The van der Waals surface area contributed by atoms with Gasteiger partial charge in [-0.25, -0.2) is 9.36 Å². The zero-order chi connectivity index (χ0) is 25.6. The second-order valence-electron chi connectivity index (χ2n) is 9.39. The molecule has 7 heteroatoms. The normalized spacial score (nSPS) is 14.5. The molecule has 1 saturated heterocycles. The summed E-state index contributed by atoms with van der Waals surface area (Å²) in [5, 5.41) is 10.6. The predicted octanol–water partition coefficient (Wildman–Crippen LogP) is 5.77. The Labute approximate surface area is 217 Å². The third-order valence-electron chi connectivity index (χ3n) is 6.73. The van der Waals surface area contributed by atoms with Crippen molar-refractivity contribution in [3.63, 3.8) is 0 Å². The van der Waals surface area contributed by atoms with Crippen molar-refractivity contribution in [1.29, 1.82) is 0 Å². The summed E-state index contributed by atoms with van der Waals surface area (Å²) in [4.78, 5) is 15.7. The van der Waals surface area contributed by atoms with Gasteiger partial charge in [-0.2, -0.15) is 0 Å². The summed E-state index contributed by atoms with van der Waals surface area (Å²) in [6.45, 7) is 5.54. The van der Waals surface area contributed by atoms with Crippen LogP contribution in [0.5, 0.6) is 23.1 Å². The van der Waals surface area contributed by atoms with E-state index in [9.17, 15) is 9.90 Å². The van der Waals surface area contributed by atoms with Gasteiger partial charge in [0, 0.05) is 13.1 Å². The van der Waals surface area contributed by atoms with E-state index >= 15 is 0 Å². The Morgan fingerprint density at radius 1 is 0.838 bits per heavy atom. The van der Waals surface area contributed by atoms with Gasteiger partial charge in [0.1, 0.15) is 23.4 Å². The minimum atomic E-state index is -0.359. The molecule has 0 bridgehead atoms. The first-order valence-electron chi connectivity index (χ1n) is 13.0. The Morgan fingerprint density at radius 3 is 2.14 bits per heavy atom. The fraction of sp³-hybridized carbons (Fsp3) is 0.300. The largest absolute Gasteiger partial charge is 0.493 e. The zero-order valence-electron chi connectivity index (χ0n) is 21.1. The SMILES string of the molecule is CCCCN1CCC(Oc2ccc(-n3cc(O)n(-c4ccc(Oc5ccccc5)cc4)c3=O)cc2)CC1. The molecule has 0 saturated carbocycles. The molecule has 0 radical (unpaired) electrons. The first-order valence-corrected chi connectivity index (χ1v) is 13.0. The lowest BCUT2D eigenvalue weighted by atomic mass is 10.1. The Bertz CT molecular complexity index is 1340. The summed E-state index contributed by atoms with van der Waals surface area (Å²) in [6.07, 6.45) is 6.16. The van der Waals surface area contributed by atoms with Crippen LogP contribution in [0.1, 0.15) is 32.6 Å².